The molecule has 2 heterocycles. The molecule has 4 nitrogen and oxygen atoms in total. The lowest BCUT2D eigenvalue weighted by Crippen LogP contribution is -2.17. The van der Waals surface area contributed by atoms with E-state index in [-0.39, 0.29) is 0 Å². The van der Waals surface area contributed by atoms with Crippen LogP contribution in [0.1, 0.15) is 29.1 Å². The molecule has 0 spiro atoms. The molecule has 70 valence electrons. The zero-order valence-corrected chi connectivity index (χ0v) is 7.62. The quantitative estimate of drug-likeness (QED) is 0.645. The third kappa shape index (κ3) is 1.43. The number of carbonyl (C=O) groups is 1. The van der Waals surface area contributed by atoms with Crippen molar-refractivity contribution in [2.75, 3.05) is 18.0 Å². The van der Waals surface area contributed by atoms with Gasteiger partial charge in [-0.05, 0) is 19.8 Å². The highest BCUT2D eigenvalue weighted by molar-refractivity contribution is 5.72. The first-order valence-electron chi connectivity index (χ1n) is 4.49. The SMILES string of the molecule is Cc1nc(N2CCCC2)oc1C=O. The highest BCUT2D eigenvalue weighted by Gasteiger charge is 2.18. The standard InChI is InChI=1S/C9H12N2O2/c1-7-8(6-12)13-9(10-7)11-4-2-3-5-11/h6H,2-5H2,1H3. The van der Waals surface area contributed by atoms with Crippen LogP contribution in [0.25, 0.3) is 0 Å². The van der Waals surface area contributed by atoms with Gasteiger partial charge in [-0.1, -0.05) is 0 Å². The summed E-state index contributed by atoms with van der Waals surface area (Å²) in [6.45, 7) is 3.75. The molecule has 0 unspecified atom stereocenters. The molecule has 13 heavy (non-hydrogen) atoms. The zero-order valence-electron chi connectivity index (χ0n) is 7.62. The van der Waals surface area contributed by atoms with Crippen LogP contribution in [0.2, 0.25) is 0 Å². The van der Waals surface area contributed by atoms with Crippen LogP contribution < -0.4 is 4.90 Å². The summed E-state index contributed by atoms with van der Waals surface area (Å²) >= 11 is 0. The second-order valence-electron chi connectivity index (χ2n) is 3.26. The minimum Gasteiger partial charge on any atom is -0.420 e. The van der Waals surface area contributed by atoms with Gasteiger partial charge in [-0.15, -0.1) is 0 Å². The summed E-state index contributed by atoms with van der Waals surface area (Å²) in [4.78, 5) is 16.8. The molecule has 1 aliphatic rings. The van der Waals surface area contributed by atoms with E-state index < -0.39 is 0 Å². The maximum Gasteiger partial charge on any atom is 0.298 e. The maximum atomic E-state index is 10.5. The number of rotatable bonds is 2. The Labute approximate surface area is 76.6 Å². The van der Waals surface area contributed by atoms with Crippen LogP contribution in [0.15, 0.2) is 4.42 Å². The second-order valence-corrected chi connectivity index (χ2v) is 3.26. The van der Waals surface area contributed by atoms with E-state index in [1.165, 1.54) is 12.8 Å². The van der Waals surface area contributed by atoms with E-state index in [1.807, 2.05) is 0 Å². The third-order valence-corrected chi connectivity index (χ3v) is 2.30. The Morgan fingerprint density at radius 2 is 2.15 bits per heavy atom. The van der Waals surface area contributed by atoms with Crippen molar-refractivity contribution in [3.8, 4) is 0 Å². The Balaban J connectivity index is 2.24. The molecular weight excluding hydrogens is 168 g/mol. The molecule has 4 heteroatoms. The number of hydrogen-bond acceptors (Lipinski definition) is 4. The summed E-state index contributed by atoms with van der Waals surface area (Å²) in [6.07, 6.45) is 3.07. The van der Waals surface area contributed by atoms with Crippen molar-refractivity contribution in [2.45, 2.75) is 19.8 Å². The Kier molecular flexibility index (Phi) is 2.04. The van der Waals surface area contributed by atoms with E-state index >= 15 is 0 Å². The summed E-state index contributed by atoms with van der Waals surface area (Å²) in [7, 11) is 0. The Bertz CT molecular complexity index is 313. The predicted octanol–water partition coefficient (Wildman–Crippen LogP) is 1.40. The van der Waals surface area contributed by atoms with Crippen LogP contribution in [0, 0.1) is 6.92 Å². The number of anilines is 1. The molecule has 0 bridgehead atoms. The zero-order chi connectivity index (χ0) is 9.26. The Morgan fingerprint density at radius 3 is 2.69 bits per heavy atom. The van der Waals surface area contributed by atoms with Gasteiger partial charge in [-0.2, -0.15) is 4.98 Å². The van der Waals surface area contributed by atoms with Crippen molar-refractivity contribution < 1.29 is 9.21 Å². The van der Waals surface area contributed by atoms with Crippen LogP contribution in [-0.4, -0.2) is 24.4 Å². The van der Waals surface area contributed by atoms with Crippen LogP contribution in [0.4, 0.5) is 6.01 Å². The number of aromatic nitrogens is 1. The van der Waals surface area contributed by atoms with E-state index in [0.29, 0.717) is 23.8 Å². The predicted molar refractivity (Wildman–Crippen MR) is 48.1 cm³/mol. The summed E-state index contributed by atoms with van der Waals surface area (Å²) < 4.78 is 5.29. The monoisotopic (exact) mass is 180 g/mol. The van der Waals surface area contributed by atoms with E-state index in [4.69, 9.17) is 4.42 Å². The minimum atomic E-state index is 0.349. The van der Waals surface area contributed by atoms with Gasteiger partial charge in [0.25, 0.3) is 6.01 Å². The molecule has 0 atom stereocenters. The average Bonchev–Trinajstić information content (AvgIpc) is 2.71. The second kappa shape index (κ2) is 3.20. The van der Waals surface area contributed by atoms with E-state index in [0.717, 1.165) is 13.1 Å². The number of carbonyl (C=O) groups excluding carboxylic acids is 1. The molecule has 1 fully saturated rings. The lowest BCUT2D eigenvalue weighted by Gasteiger charge is -2.10. The largest absolute Gasteiger partial charge is 0.420 e. The number of nitrogens with zero attached hydrogens (tertiary/aromatic N) is 2. The van der Waals surface area contributed by atoms with Crippen LogP contribution >= 0.6 is 0 Å². The summed E-state index contributed by atoms with van der Waals surface area (Å²) in [5.74, 6) is 0.349. The molecule has 0 radical (unpaired) electrons. The van der Waals surface area contributed by atoms with Crippen molar-refractivity contribution in [1.29, 1.82) is 0 Å². The summed E-state index contributed by atoms with van der Waals surface area (Å²) in [6, 6.07) is 0.595. The van der Waals surface area contributed by atoms with Crippen molar-refractivity contribution in [2.24, 2.45) is 0 Å². The first-order valence-corrected chi connectivity index (χ1v) is 4.49. The molecule has 1 saturated heterocycles. The highest BCUT2D eigenvalue weighted by Crippen LogP contribution is 2.21. The fraction of sp³-hybridized carbons (Fsp3) is 0.556. The van der Waals surface area contributed by atoms with Crippen LogP contribution in [0.3, 0.4) is 0 Å². The molecule has 0 aromatic carbocycles. The van der Waals surface area contributed by atoms with Gasteiger partial charge in [0, 0.05) is 13.1 Å². The van der Waals surface area contributed by atoms with Crippen molar-refractivity contribution in [3.63, 3.8) is 0 Å². The number of oxazole rings is 1. The number of hydrogen-bond donors (Lipinski definition) is 0. The lowest BCUT2D eigenvalue weighted by atomic mass is 10.4. The van der Waals surface area contributed by atoms with Gasteiger partial charge in [-0.3, -0.25) is 4.79 Å². The smallest absolute Gasteiger partial charge is 0.298 e. The normalized spacial score (nSPS) is 16.5. The van der Waals surface area contributed by atoms with E-state index in [1.54, 1.807) is 6.92 Å². The Hall–Kier alpha value is -1.32. The maximum absolute atomic E-state index is 10.5. The topological polar surface area (TPSA) is 46.3 Å². The molecule has 2 rings (SSSR count). The van der Waals surface area contributed by atoms with Gasteiger partial charge in [0.1, 0.15) is 0 Å². The molecule has 0 N–H and O–H groups in total. The van der Waals surface area contributed by atoms with Gasteiger partial charge in [0.15, 0.2) is 12.0 Å². The molecule has 1 aromatic rings. The third-order valence-electron chi connectivity index (χ3n) is 2.30. The van der Waals surface area contributed by atoms with Gasteiger partial charge in [0.2, 0.25) is 0 Å². The minimum absolute atomic E-state index is 0.349. The summed E-state index contributed by atoms with van der Waals surface area (Å²) in [5, 5.41) is 0. The van der Waals surface area contributed by atoms with Gasteiger partial charge in [0.05, 0.1) is 5.69 Å². The molecule has 1 aromatic heterocycles. The molecule has 0 aliphatic carbocycles. The van der Waals surface area contributed by atoms with E-state index in [2.05, 4.69) is 9.88 Å². The first-order chi connectivity index (χ1) is 6.31. The van der Waals surface area contributed by atoms with Gasteiger partial charge < -0.3 is 9.32 Å². The molecular formula is C9H12N2O2. The van der Waals surface area contributed by atoms with Crippen molar-refractivity contribution in [1.82, 2.24) is 4.98 Å². The molecule has 1 aliphatic heterocycles. The van der Waals surface area contributed by atoms with Gasteiger partial charge in [-0.25, -0.2) is 0 Å². The van der Waals surface area contributed by atoms with E-state index in [9.17, 15) is 4.79 Å². The molecule has 0 amide bonds. The van der Waals surface area contributed by atoms with Crippen molar-refractivity contribution in [3.05, 3.63) is 11.5 Å². The number of aryl methyl sites for hydroxylation is 1. The lowest BCUT2D eigenvalue weighted by molar-refractivity contribution is 0.110. The fourth-order valence-corrected chi connectivity index (χ4v) is 1.55. The summed E-state index contributed by atoms with van der Waals surface area (Å²) in [5.41, 5.74) is 0.678. The number of aldehydes is 1. The highest BCUT2D eigenvalue weighted by atomic mass is 16.4. The average molecular weight is 180 g/mol. The van der Waals surface area contributed by atoms with Crippen molar-refractivity contribution >= 4 is 12.3 Å². The van der Waals surface area contributed by atoms with Crippen LogP contribution in [-0.2, 0) is 0 Å². The van der Waals surface area contributed by atoms with Gasteiger partial charge >= 0.3 is 0 Å². The first kappa shape index (κ1) is 8.29. The Morgan fingerprint density at radius 1 is 1.46 bits per heavy atom. The fourth-order valence-electron chi connectivity index (χ4n) is 1.55. The molecule has 0 saturated carbocycles. The van der Waals surface area contributed by atoms with Crippen LogP contribution in [0.5, 0.6) is 0 Å².